The first kappa shape index (κ1) is 34.8. The van der Waals surface area contributed by atoms with Crippen LogP contribution in [0.1, 0.15) is 51.7 Å². The first-order chi connectivity index (χ1) is 20.4. The summed E-state index contributed by atoms with van der Waals surface area (Å²) in [5.74, 6) is -1.25. The zero-order valence-corrected chi connectivity index (χ0v) is 25.6. The Kier molecular flexibility index (Phi) is 14.7. The zero-order chi connectivity index (χ0) is 31.8. The van der Waals surface area contributed by atoms with Crippen LogP contribution in [0.4, 0.5) is 9.59 Å². The molecule has 4 amide bonds. The number of hydrogen-bond acceptors (Lipinski definition) is 7. The van der Waals surface area contributed by atoms with Crippen LogP contribution in [0, 0.1) is 11.8 Å². The molecule has 0 fully saturated rings. The second-order valence-electron chi connectivity index (χ2n) is 11.2. The van der Waals surface area contributed by atoms with Gasteiger partial charge in [-0.05, 0) is 35.8 Å². The van der Waals surface area contributed by atoms with Gasteiger partial charge in [-0.15, -0.1) is 0 Å². The van der Waals surface area contributed by atoms with Gasteiger partial charge in [0, 0.05) is 7.05 Å². The number of nitrogens with zero attached hydrogens (tertiary/aromatic N) is 1. The number of likely N-dealkylation sites (N-methyl/N-ethyl adjacent to an activating group) is 1. The summed E-state index contributed by atoms with van der Waals surface area (Å²) in [6, 6.07) is 16.5. The van der Waals surface area contributed by atoms with E-state index in [1.54, 1.807) is 0 Å². The van der Waals surface area contributed by atoms with Gasteiger partial charge >= 0.3 is 12.2 Å². The Bertz CT molecular complexity index is 1190. The topological polar surface area (TPSA) is 143 Å². The molecule has 0 aromatic heterocycles. The van der Waals surface area contributed by atoms with Gasteiger partial charge in [-0.1, -0.05) is 88.4 Å². The van der Waals surface area contributed by atoms with Crippen molar-refractivity contribution in [2.75, 3.05) is 20.1 Å². The number of ketones is 1. The van der Waals surface area contributed by atoms with Crippen molar-refractivity contribution >= 4 is 29.8 Å². The van der Waals surface area contributed by atoms with Crippen LogP contribution in [-0.2, 0) is 37.1 Å². The van der Waals surface area contributed by atoms with E-state index in [0.717, 1.165) is 11.1 Å². The Labute approximate surface area is 253 Å². The van der Waals surface area contributed by atoms with Crippen LogP contribution in [0.25, 0.3) is 0 Å². The van der Waals surface area contributed by atoms with Crippen molar-refractivity contribution in [3.63, 3.8) is 0 Å². The zero-order valence-electron chi connectivity index (χ0n) is 25.6. The Morgan fingerprint density at radius 3 is 1.60 bits per heavy atom. The van der Waals surface area contributed by atoms with Gasteiger partial charge in [0.2, 0.25) is 11.8 Å². The molecule has 3 N–H and O–H groups in total. The number of carbonyl (C=O) groups excluding carboxylic acids is 5. The molecule has 234 valence electrons. The molecule has 0 unspecified atom stereocenters. The van der Waals surface area contributed by atoms with Gasteiger partial charge in [0.15, 0.2) is 5.78 Å². The molecule has 11 nitrogen and oxygen atoms in total. The summed E-state index contributed by atoms with van der Waals surface area (Å²) in [6.07, 6.45) is -0.799. The Morgan fingerprint density at radius 1 is 0.698 bits per heavy atom. The van der Waals surface area contributed by atoms with Crippen molar-refractivity contribution in [1.82, 2.24) is 20.9 Å². The molecule has 0 saturated heterocycles. The van der Waals surface area contributed by atoms with Gasteiger partial charge in [0.05, 0.1) is 13.1 Å². The summed E-state index contributed by atoms with van der Waals surface area (Å²) in [5.41, 5.74) is 1.62. The summed E-state index contributed by atoms with van der Waals surface area (Å²) < 4.78 is 10.5. The number of rotatable bonds is 16. The third-order valence-corrected chi connectivity index (χ3v) is 6.29. The molecule has 2 atom stereocenters. The highest BCUT2D eigenvalue weighted by atomic mass is 16.6. The minimum atomic E-state index is -0.906. The van der Waals surface area contributed by atoms with E-state index in [2.05, 4.69) is 16.0 Å². The average molecular weight is 597 g/mol. The normalized spacial score (nSPS) is 12.2. The monoisotopic (exact) mass is 596 g/mol. The molecule has 0 radical (unpaired) electrons. The maximum absolute atomic E-state index is 13.1. The van der Waals surface area contributed by atoms with E-state index in [1.807, 2.05) is 88.4 Å². The van der Waals surface area contributed by atoms with Crippen molar-refractivity contribution in [2.24, 2.45) is 11.8 Å². The molecule has 0 saturated carbocycles. The lowest BCUT2D eigenvalue weighted by Crippen LogP contribution is -2.51. The highest BCUT2D eigenvalue weighted by Gasteiger charge is 2.27. The second-order valence-corrected chi connectivity index (χ2v) is 11.2. The van der Waals surface area contributed by atoms with Crippen molar-refractivity contribution in [1.29, 1.82) is 0 Å². The quantitative estimate of drug-likeness (QED) is 0.267. The first-order valence-corrected chi connectivity index (χ1v) is 14.4. The lowest BCUT2D eigenvalue weighted by atomic mass is 10.0. The summed E-state index contributed by atoms with van der Waals surface area (Å²) >= 11 is 0. The number of Topliss-reactive ketones (excluding diaryl/α,β-unsaturated/α-hetero) is 1. The minimum Gasteiger partial charge on any atom is -0.445 e. The van der Waals surface area contributed by atoms with Crippen LogP contribution < -0.4 is 16.0 Å². The van der Waals surface area contributed by atoms with Crippen LogP contribution in [0.5, 0.6) is 0 Å². The van der Waals surface area contributed by atoms with Gasteiger partial charge in [0.25, 0.3) is 0 Å². The Morgan fingerprint density at radius 2 is 1.14 bits per heavy atom. The van der Waals surface area contributed by atoms with Crippen molar-refractivity contribution in [2.45, 2.75) is 65.8 Å². The highest BCUT2D eigenvalue weighted by molar-refractivity contribution is 5.93. The van der Waals surface area contributed by atoms with E-state index in [4.69, 9.17) is 9.47 Å². The molecular formula is C32H44N4O7. The number of alkyl carbamates (subject to hydrolysis) is 2. The van der Waals surface area contributed by atoms with Crippen LogP contribution >= 0.6 is 0 Å². The fourth-order valence-electron chi connectivity index (χ4n) is 4.18. The third kappa shape index (κ3) is 13.9. The number of carbonyl (C=O) groups is 5. The van der Waals surface area contributed by atoms with Crippen LogP contribution in [0.2, 0.25) is 0 Å². The SMILES string of the molecule is CC(C)C[C@H](NC(=O)OCc1ccccc1)C(=O)NCC(=O)CN(C)C(=O)[C@H](CC(C)C)NC(=O)OCc1ccccc1. The van der Waals surface area contributed by atoms with Crippen molar-refractivity contribution in [3.05, 3.63) is 71.8 Å². The summed E-state index contributed by atoms with van der Waals surface area (Å²) in [6.45, 7) is 7.13. The summed E-state index contributed by atoms with van der Waals surface area (Å²) in [5, 5.41) is 7.73. The van der Waals surface area contributed by atoms with Crippen LogP contribution in [0.3, 0.4) is 0 Å². The van der Waals surface area contributed by atoms with E-state index >= 15 is 0 Å². The second kappa shape index (κ2) is 18.2. The summed E-state index contributed by atoms with van der Waals surface area (Å²) in [4.78, 5) is 64.6. The predicted octanol–water partition coefficient (Wildman–Crippen LogP) is 3.81. The molecule has 0 heterocycles. The number of hydrogen-bond donors (Lipinski definition) is 3. The van der Waals surface area contributed by atoms with Crippen LogP contribution in [0.15, 0.2) is 60.7 Å². The van der Waals surface area contributed by atoms with E-state index in [1.165, 1.54) is 11.9 Å². The lowest BCUT2D eigenvalue weighted by molar-refractivity contribution is -0.136. The van der Waals surface area contributed by atoms with E-state index in [-0.39, 0.29) is 38.1 Å². The molecule has 0 spiro atoms. The number of amides is 4. The van der Waals surface area contributed by atoms with E-state index < -0.39 is 41.9 Å². The van der Waals surface area contributed by atoms with Gasteiger partial charge < -0.3 is 30.3 Å². The smallest absolute Gasteiger partial charge is 0.408 e. The van der Waals surface area contributed by atoms with Gasteiger partial charge in [-0.25, -0.2) is 9.59 Å². The number of benzene rings is 2. The molecule has 0 aliphatic rings. The maximum atomic E-state index is 13.1. The van der Waals surface area contributed by atoms with Crippen molar-refractivity contribution in [3.8, 4) is 0 Å². The standard InChI is InChI=1S/C32H44N4O7/c1-22(2)16-27(34-31(40)42-20-24-12-8-6-9-13-24)29(38)33-18-26(37)19-36(5)30(39)28(17-23(3)4)35-32(41)43-21-25-14-10-7-11-15-25/h6-15,22-23,27-28H,16-21H2,1-5H3,(H,33,38)(H,34,40)(H,35,41)/t27-,28-/m0/s1. The predicted molar refractivity (Wildman–Crippen MR) is 162 cm³/mol. The van der Waals surface area contributed by atoms with Crippen molar-refractivity contribution < 1.29 is 33.4 Å². The highest BCUT2D eigenvalue weighted by Crippen LogP contribution is 2.10. The maximum Gasteiger partial charge on any atom is 0.408 e. The van der Waals surface area contributed by atoms with Crippen LogP contribution in [-0.4, -0.2) is 66.9 Å². The third-order valence-electron chi connectivity index (χ3n) is 6.29. The Hall–Kier alpha value is -4.41. The lowest BCUT2D eigenvalue weighted by Gasteiger charge is -2.25. The molecule has 0 aliphatic carbocycles. The largest absolute Gasteiger partial charge is 0.445 e. The van der Waals surface area contributed by atoms with E-state index in [9.17, 15) is 24.0 Å². The molecule has 11 heteroatoms. The number of nitrogens with one attached hydrogen (secondary N) is 3. The van der Waals surface area contributed by atoms with E-state index in [0.29, 0.717) is 12.8 Å². The van der Waals surface area contributed by atoms with Gasteiger partial charge in [-0.2, -0.15) is 0 Å². The minimum absolute atomic E-state index is 0.0545. The molecule has 43 heavy (non-hydrogen) atoms. The fraction of sp³-hybridized carbons (Fsp3) is 0.469. The Balaban J connectivity index is 1.86. The van der Waals surface area contributed by atoms with Gasteiger partial charge in [0.1, 0.15) is 25.3 Å². The average Bonchev–Trinajstić information content (AvgIpc) is 2.97. The number of ether oxygens (including phenoxy) is 2. The van der Waals surface area contributed by atoms with Gasteiger partial charge in [-0.3, -0.25) is 14.4 Å². The first-order valence-electron chi connectivity index (χ1n) is 14.4. The molecule has 2 aromatic rings. The summed E-state index contributed by atoms with van der Waals surface area (Å²) in [7, 11) is 1.46. The molecule has 2 rings (SSSR count). The fourth-order valence-corrected chi connectivity index (χ4v) is 4.18. The molecule has 0 aliphatic heterocycles. The molecule has 0 bridgehead atoms. The molecular weight excluding hydrogens is 552 g/mol. The molecule has 2 aromatic carbocycles.